The summed E-state index contributed by atoms with van der Waals surface area (Å²) in [5.74, 6) is -0.591. The Morgan fingerprint density at radius 3 is 2.06 bits per heavy atom. The van der Waals surface area contributed by atoms with Crippen LogP contribution < -0.4 is 0 Å². The van der Waals surface area contributed by atoms with E-state index in [1.54, 1.807) is 17.0 Å². The topological polar surface area (TPSA) is 48.2 Å². The number of carbonyl (C=O) groups is 2. The van der Waals surface area contributed by atoms with Gasteiger partial charge < -0.3 is 9.80 Å². The molecule has 0 spiro atoms. The minimum atomic E-state index is -4.46. The Kier molecular flexibility index (Phi) is 13.4. The van der Waals surface area contributed by atoms with Crippen molar-refractivity contribution in [2.75, 3.05) is 26.2 Å². The lowest BCUT2D eigenvalue weighted by Crippen LogP contribution is -2.56. The Morgan fingerprint density at radius 1 is 0.808 bits per heavy atom. The second-order valence-electron chi connectivity index (χ2n) is 13.3. The largest absolute Gasteiger partial charge is 0.416 e. The molecule has 1 aliphatic rings. The molecule has 6 nitrogen and oxygen atoms in total. The van der Waals surface area contributed by atoms with Gasteiger partial charge in [-0.05, 0) is 58.9 Å². The van der Waals surface area contributed by atoms with Crippen LogP contribution in [0.5, 0.6) is 0 Å². The molecule has 0 aromatic heterocycles. The van der Waals surface area contributed by atoms with Crippen molar-refractivity contribution in [1.29, 1.82) is 0 Å². The van der Waals surface area contributed by atoms with Crippen molar-refractivity contribution in [3.05, 3.63) is 154 Å². The minimum Gasteiger partial charge on any atom is -0.338 e. The predicted molar refractivity (Wildman–Crippen MR) is 199 cm³/mol. The van der Waals surface area contributed by atoms with Crippen LogP contribution in [-0.2, 0) is 41.7 Å². The molecule has 1 heterocycles. The quantitative estimate of drug-likeness (QED) is 0.0748. The van der Waals surface area contributed by atoms with Crippen molar-refractivity contribution in [2.45, 2.75) is 64.3 Å². The van der Waals surface area contributed by atoms with Crippen LogP contribution in [-0.4, -0.2) is 58.7 Å². The van der Waals surface area contributed by atoms with Crippen molar-refractivity contribution in [1.82, 2.24) is 14.7 Å². The highest BCUT2D eigenvalue weighted by Gasteiger charge is 2.34. The number of benzene rings is 4. The fourth-order valence-corrected chi connectivity index (χ4v) is 6.41. The number of halogens is 3. The Balaban J connectivity index is 1.43. The number of amides is 2. The number of hydrogen-bond acceptors (Lipinski definition) is 3. The van der Waals surface area contributed by atoms with Gasteiger partial charge in [0.15, 0.2) is 5.69 Å². The van der Waals surface area contributed by atoms with E-state index in [-0.39, 0.29) is 18.9 Å². The minimum absolute atomic E-state index is 0.163. The molecule has 0 N–H and O–H groups in total. The number of carbonyl (C=O) groups excluding carboxylic acids is 2. The summed E-state index contributed by atoms with van der Waals surface area (Å²) < 4.78 is 39.5. The number of piperazine rings is 1. The lowest BCUT2D eigenvalue weighted by molar-refractivity contribution is -0.145. The molecule has 4 aromatic rings. The van der Waals surface area contributed by atoms with Crippen molar-refractivity contribution < 1.29 is 22.8 Å². The van der Waals surface area contributed by atoms with E-state index in [1.807, 2.05) is 47.4 Å². The maximum atomic E-state index is 14.6. The summed E-state index contributed by atoms with van der Waals surface area (Å²) in [7, 11) is 0. The van der Waals surface area contributed by atoms with Gasteiger partial charge in [0.1, 0.15) is 6.04 Å². The number of nitrogens with zero attached hydrogens (tertiary/aromatic N) is 4. The summed E-state index contributed by atoms with van der Waals surface area (Å²) in [6.45, 7) is 12.9. The van der Waals surface area contributed by atoms with Crippen LogP contribution in [0.25, 0.3) is 10.9 Å². The number of aryl methyl sites for hydroxylation is 1. The van der Waals surface area contributed by atoms with Gasteiger partial charge in [0, 0.05) is 51.8 Å². The highest BCUT2D eigenvalue weighted by atomic mass is 19.4. The van der Waals surface area contributed by atoms with E-state index >= 15 is 0 Å². The van der Waals surface area contributed by atoms with E-state index in [1.165, 1.54) is 35.4 Å². The Morgan fingerprint density at radius 2 is 1.44 bits per heavy atom. The zero-order chi connectivity index (χ0) is 36.9. The Labute approximate surface area is 305 Å². The first-order valence-corrected chi connectivity index (χ1v) is 17.9. The Hall–Kier alpha value is -5.20. The second kappa shape index (κ2) is 18.3. The first kappa shape index (κ1) is 38.0. The molecule has 270 valence electrons. The first-order valence-electron chi connectivity index (χ1n) is 17.9. The number of hydrogen-bond donors (Lipinski definition) is 0. The summed E-state index contributed by atoms with van der Waals surface area (Å²) in [6, 6.07) is 29.1. The van der Waals surface area contributed by atoms with Crippen molar-refractivity contribution >= 4 is 23.6 Å². The van der Waals surface area contributed by atoms with Crippen LogP contribution in [0, 0.1) is 6.57 Å². The van der Waals surface area contributed by atoms with Gasteiger partial charge in [-0.1, -0.05) is 111 Å². The molecule has 0 saturated carbocycles. The van der Waals surface area contributed by atoms with Gasteiger partial charge in [0.25, 0.3) is 0 Å². The van der Waals surface area contributed by atoms with Gasteiger partial charge in [-0.15, -0.1) is 0 Å². The number of alkyl halides is 3. The van der Waals surface area contributed by atoms with Gasteiger partial charge in [0.2, 0.25) is 11.8 Å². The lowest BCUT2D eigenvalue weighted by atomic mass is 10.0. The summed E-state index contributed by atoms with van der Waals surface area (Å²) in [5, 5.41) is 0. The zero-order valence-corrected chi connectivity index (χ0v) is 29.6. The SMILES string of the molecule is [C-]#[N+]c1ccc(C[C@@H](C(=O)N2CCN(Cc3ccccc3)CC2)N(Cc2ccc(CCCCC)cc2)C(=O)/C=C/c2ccc(C(F)(F)F)cc2)cc1. The smallest absolute Gasteiger partial charge is 0.338 e. The van der Waals surface area contributed by atoms with E-state index < -0.39 is 23.7 Å². The van der Waals surface area contributed by atoms with Crippen molar-refractivity contribution in [3.8, 4) is 0 Å². The molecule has 4 aromatic carbocycles. The van der Waals surface area contributed by atoms with Crippen molar-refractivity contribution in [3.63, 3.8) is 0 Å². The van der Waals surface area contributed by atoms with Crippen LogP contribution in [0.4, 0.5) is 18.9 Å². The fraction of sp³-hybridized carbons (Fsp3) is 0.326. The molecule has 0 bridgehead atoms. The summed E-state index contributed by atoms with van der Waals surface area (Å²) in [6.07, 6.45) is 2.93. The van der Waals surface area contributed by atoms with Crippen LogP contribution >= 0.6 is 0 Å². The van der Waals surface area contributed by atoms with Crippen LogP contribution in [0.15, 0.2) is 109 Å². The van der Waals surface area contributed by atoms with Gasteiger partial charge >= 0.3 is 6.18 Å². The molecule has 1 fully saturated rings. The maximum Gasteiger partial charge on any atom is 0.416 e. The molecule has 5 rings (SSSR count). The van der Waals surface area contributed by atoms with Gasteiger partial charge in [-0.2, -0.15) is 13.2 Å². The van der Waals surface area contributed by atoms with Gasteiger partial charge in [0.05, 0.1) is 12.1 Å². The van der Waals surface area contributed by atoms with Crippen LogP contribution in [0.2, 0.25) is 0 Å². The van der Waals surface area contributed by atoms with Crippen LogP contribution in [0.3, 0.4) is 0 Å². The third kappa shape index (κ3) is 10.9. The molecular weight excluding hydrogens is 661 g/mol. The molecule has 1 aliphatic heterocycles. The van der Waals surface area contributed by atoms with Gasteiger partial charge in [-0.3, -0.25) is 14.5 Å². The van der Waals surface area contributed by atoms with E-state index in [2.05, 4.69) is 40.9 Å². The molecule has 52 heavy (non-hydrogen) atoms. The molecule has 0 unspecified atom stereocenters. The molecule has 2 amide bonds. The monoisotopic (exact) mass is 706 g/mol. The standard InChI is InChI=1S/C43H45F3N4O2/c1-3-4-6-9-33-12-14-37(15-13-33)32-50(41(51)25-20-34-16-21-38(22-17-34)43(44,45)46)40(30-35-18-23-39(47-2)24-19-35)42(52)49-28-26-48(27-29-49)31-36-10-7-5-8-11-36/h5,7-8,10-25,40H,3-4,6,9,26-32H2,1H3/b25-20+/t40-/m0/s1. The third-order valence-electron chi connectivity index (χ3n) is 9.47. The summed E-state index contributed by atoms with van der Waals surface area (Å²) in [4.78, 5) is 38.0. The van der Waals surface area contributed by atoms with Crippen LogP contribution in [0.1, 0.15) is 59.6 Å². The average molecular weight is 707 g/mol. The molecule has 1 atom stereocenters. The van der Waals surface area contributed by atoms with E-state index in [0.717, 1.165) is 55.5 Å². The van der Waals surface area contributed by atoms with E-state index in [4.69, 9.17) is 6.57 Å². The number of unbranched alkanes of at least 4 members (excludes halogenated alkanes) is 2. The summed E-state index contributed by atoms with van der Waals surface area (Å²) in [5.41, 5.74) is 4.23. The normalized spacial score (nSPS) is 14.2. The second-order valence-corrected chi connectivity index (χ2v) is 13.3. The van der Waals surface area contributed by atoms with Gasteiger partial charge in [-0.25, -0.2) is 4.85 Å². The lowest BCUT2D eigenvalue weighted by Gasteiger charge is -2.39. The highest BCUT2D eigenvalue weighted by Crippen LogP contribution is 2.29. The fourth-order valence-electron chi connectivity index (χ4n) is 6.41. The highest BCUT2D eigenvalue weighted by molar-refractivity contribution is 5.95. The van der Waals surface area contributed by atoms with E-state index in [0.29, 0.717) is 37.4 Å². The Bertz CT molecular complexity index is 1810. The first-order chi connectivity index (χ1) is 25.1. The predicted octanol–water partition coefficient (Wildman–Crippen LogP) is 8.99. The molecule has 0 aliphatic carbocycles. The van der Waals surface area contributed by atoms with Crippen molar-refractivity contribution in [2.24, 2.45) is 0 Å². The maximum absolute atomic E-state index is 14.6. The zero-order valence-electron chi connectivity index (χ0n) is 29.6. The average Bonchev–Trinajstić information content (AvgIpc) is 3.16. The molecule has 1 saturated heterocycles. The molecule has 9 heteroatoms. The third-order valence-corrected chi connectivity index (χ3v) is 9.47. The molecular formula is C43H45F3N4O2. The molecule has 0 radical (unpaired) electrons. The summed E-state index contributed by atoms with van der Waals surface area (Å²) >= 11 is 0. The number of rotatable bonds is 14. The van der Waals surface area contributed by atoms with E-state index in [9.17, 15) is 22.8 Å².